The molecule has 2 fully saturated rings. The third-order valence-corrected chi connectivity index (χ3v) is 6.12. The van der Waals surface area contributed by atoms with Crippen LogP contribution in [0.2, 0.25) is 5.02 Å². The minimum atomic E-state index is -0.662. The Kier molecular flexibility index (Phi) is 5.11. The summed E-state index contributed by atoms with van der Waals surface area (Å²) in [6, 6.07) is 7.40. The van der Waals surface area contributed by atoms with Gasteiger partial charge in [0.25, 0.3) is 0 Å². The highest BCUT2D eigenvalue weighted by atomic mass is 35.5. The van der Waals surface area contributed by atoms with Gasteiger partial charge in [0, 0.05) is 31.5 Å². The molecule has 8 heteroatoms. The normalized spacial score (nSPS) is 18.8. The predicted octanol–water partition coefficient (Wildman–Crippen LogP) is 4.14. The fourth-order valence-corrected chi connectivity index (χ4v) is 4.08. The quantitative estimate of drug-likeness (QED) is 0.652. The third-order valence-electron chi connectivity index (χ3n) is 5.76. The number of benzene rings is 1. The van der Waals surface area contributed by atoms with Crippen LogP contribution in [-0.2, 0) is 11.3 Å². The van der Waals surface area contributed by atoms with E-state index in [-0.39, 0.29) is 5.92 Å². The van der Waals surface area contributed by atoms with Crippen molar-refractivity contribution < 1.29 is 14.6 Å². The Labute approximate surface area is 173 Å². The standard InChI is InChI=1S/C21H23ClN4O3/c22-18-17(6-5-16-19(18)24-25-26(16)12-13-3-4-13)29-21-15(2-1-9-23-21)20(27)14-7-10-28-11-8-14/h1-2,5-6,9,13-14,20,27H,3-4,7-8,10-12H2. The number of halogens is 1. The SMILES string of the molecule is OC(c1cccnc1Oc1ccc2c(nnn2CC2CC2)c1Cl)C1CCOCC1. The van der Waals surface area contributed by atoms with Crippen LogP contribution in [0.1, 0.15) is 37.4 Å². The number of aromatic nitrogens is 4. The minimum Gasteiger partial charge on any atom is -0.437 e. The van der Waals surface area contributed by atoms with E-state index >= 15 is 0 Å². The molecule has 7 nitrogen and oxygen atoms in total. The number of aliphatic hydroxyl groups is 1. The molecule has 1 aliphatic carbocycles. The third kappa shape index (κ3) is 3.82. The van der Waals surface area contributed by atoms with Crippen LogP contribution in [-0.4, -0.2) is 38.3 Å². The van der Waals surface area contributed by atoms with Crippen LogP contribution in [0.4, 0.5) is 0 Å². The predicted molar refractivity (Wildman–Crippen MR) is 108 cm³/mol. The van der Waals surface area contributed by atoms with Crippen molar-refractivity contribution in [2.75, 3.05) is 13.2 Å². The number of aliphatic hydroxyl groups excluding tert-OH is 1. The second kappa shape index (κ2) is 7.89. The molecule has 29 heavy (non-hydrogen) atoms. The van der Waals surface area contributed by atoms with Gasteiger partial charge in [-0.15, -0.1) is 5.10 Å². The van der Waals surface area contributed by atoms with Crippen molar-refractivity contribution in [2.24, 2.45) is 11.8 Å². The summed E-state index contributed by atoms with van der Waals surface area (Å²) in [6.45, 7) is 2.20. The van der Waals surface area contributed by atoms with E-state index < -0.39 is 6.10 Å². The Morgan fingerprint density at radius 3 is 2.83 bits per heavy atom. The van der Waals surface area contributed by atoms with Gasteiger partial charge in [-0.25, -0.2) is 9.67 Å². The molecule has 152 valence electrons. The summed E-state index contributed by atoms with van der Waals surface area (Å²) in [6.07, 6.45) is 5.10. The highest BCUT2D eigenvalue weighted by Gasteiger charge is 2.27. The summed E-state index contributed by atoms with van der Waals surface area (Å²) in [7, 11) is 0. The largest absolute Gasteiger partial charge is 0.437 e. The maximum absolute atomic E-state index is 10.9. The fourth-order valence-electron chi connectivity index (χ4n) is 3.85. The van der Waals surface area contributed by atoms with E-state index in [4.69, 9.17) is 21.1 Å². The van der Waals surface area contributed by atoms with Gasteiger partial charge in [-0.2, -0.15) is 0 Å². The maximum atomic E-state index is 10.9. The van der Waals surface area contributed by atoms with Crippen molar-refractivity contribution in [1.82, 2.24) is 20.0 Å². The molecule has 1 aliphatic heterocycles. The number of rotatable bonds is 6. The molecule has 0 bridgehead atoms. The van der Waals surface area contributed by atoms with Gasteiger partial charge in [-0.1, -0.05) is 16.8 Å². The first-order chi connectivity index (χ1) is 14.2. The van der Waals surface area contributed by atoms with Gasteiger partial charge >= 0.3 is 0 Å². The van der Waals surface area contributed by atoms with Crippen LogP contribution in [0.15, 0.2) is 30.5 Å². The average molecular weight is 415 g/mol. The zero-order valence-corrected chi connectivity index (χ0v) is 16.8. The van der Waals surface area contributed by atoms with E-state index in [0.717, 1.165) is 24.9 Å². The average Bonchev–Trinajstić information content (AvgIpc) is 3.49. The smallest absolute Gasteiger partial charge is 0.225 e. The number of hydrogen-bond donors (Lipinski definition) is 1. The van der Waals surface area contributed by atoms with Gasteiger partial charge in [0.2, 0.25) is 5.88 Å². The highest BCUT2D eigenvalue weighted by molar-refractivity contribution is 6.36. The van der Waals surface area contributed by atoms with Crippen LogP contribution in [0.3, 0.4) is 0 Å². The molecule has 5 rings (SSSR count). The molecule has 1 saturated heterocycles. The zero-order chi connectivity index (χ0) is 19.8. The van der Waals surface area contributed by atoms with Crippen molar-refractivity contribution >= 4 is 22.6 Å². The molecule has 3 heterocycles. The van der Waals surface area contributed by atoms with Crippen LogP contribution in [0.25, 0.3) is 11.0 Å². The molecule has 1 aromatic carbocycles. The van der Waals surface area contributed by atoms with E-state index in [1.54, 1.807) is 12.3 Å². The summed E-state index contributed by atoms with van der Waals surface area (Å²) in [5, 5.41) is 19.8. The van der Waals surface area contributed by atoms with Gasteiger partial charge in [-0.3, -0.25) is 0 Å². The number of hydrogen-bond acceptors (Lipinski definition) is 6. The van der Waals surface area contributed by atoms with Gasteiger partial charge in [-0.05, 0) is 61.8 Å². The van der Waals surface area contributed by atoms with Crippen LogP contribution in [0.5, 0.6) is 11.6 Å². The lowest BCUT2D eigenvalue weighted by atomic mass is 9.90. The van der Waals surface area contributed by atoms with Gasteiger partial charge in [0.1, 0.15) is 10.5 Å². The van der Waals surface area contributed by atoms with Crippen LogP contribution >= 0.6 is 11.6 Å². The Bertz CT molecular complexity index is 1010. The molecule has 0 radical (unpaired) electrons. The van der Waals surface area contributed by atoms with Crippen LogP contribution in [0, 0.1) is 11.8 Å². The summed E-state index contributed by atoms with van der Waals surface area (Å²) in [5.41, 5.74) is 2.18. The molecule has 0 spiro atoms. The number of pyridine rings is 1. The molecular weight excluding hydrogens is 392 g/mol. The first kappa shape index (κ1) is 18.8. The summed E-state index contributed by atoms with van der Waals surface area (Å²) in [5.74, 6) is 1.63. The lowest BCUT2D eigenvalue weighted by Crippen LogP contribution is -2.22. The fraction of sp³-hybridized carbons (Fsp3) is 0.476. The Hall–Kier alpha value is -2.22. The van der Waals surface area contributed by atoms with Crippen molar-refractivity contribution in [1.29, 1.82) is 0 Å². The van der Waals surface area contributed by atoms with Crippen molar-refractivity contribution in [3.05, 3.63) is 41.0 Å². The van der Waals surface area contributed by atoms with Crippen molar-refractivity contribution in [2.45, 2.75) is 38.3 Å². The van der Waals surface area contributed by atoms with E-state index in [2.05, 4.69) is 15.3 Å². The molecule has 1 saturated carbocycles. The summed E-state index contributed by atoms with van der Waals surface area (Å²) < 4.78 is 13.4. The topological polar surface area (TPSA) is 82.3 Å². The number of fused-ring (bicyclic) bond motifs is 1. The van der Waals surface area contributed by atoms with Crippen molar-refractivity contribution in [3.63, 3.8) is 0 Å². The highest BCUT2D eigenvalue weighted by Crippen LogP contribution is 2.39. The summed E-state index contributed by atoms with van der Waals surface area (Å²) in [4.78, 5) is 4.35. The number of ether oxygens (including phenoxy) is 2. The number of nitrogens with zero attached hydrogens (tertiary/aromatic N) is 4. The van der Waals surface area contributed by atoms with E-state index in [0.29, 0.717) is 46.9 Å². The molecule has 1 unspecified atom stereocenters. The lowest BCUT2D eigenvalue weighted by Gasteiger charge is -2.27. The maximum Gasteiger partial charge on any atom is 0.225 e. The van der Waals surface area contributed by atoms with E-state index in [9.17, 15) is 5.11 Å². The van der Waals surface area contributed by atoms with Crippen LogP contribution < -0.4 is 4.74 Å². The molecule has 2 aromatic heterocycles. The second-order valence-electron chi connectivity index (χ2n) is 7.85. The first-order valence-electron chi connectivity index (χ1n) is 10.1. The molecular formula is C21H23ClN4O3. The molecule has 1 N–H and O–H groups in total. The monoisotopic (exact) mass is 414 g/mol. The Morgan fingerprint density at radius 1 is 1.21 bits per heavy atom. The van der Waals surface area contributed by atoms with E-state index in [1.165, 1.54) is 12.8 Å². The molecule has 2 aliphatic rings. The van der Waals surface area contributed by atoms with Gasteiger partial charge in [0.05, 0.1) is 11.6 Å². The van der Waals surface area contributed by atoms with Gasteiger partial charge < -0.3 is 14.6 Å². The van der Waals surface area contributed by atoms with E-state index in [1.807, 2.05) is 22.9 Å². The van der Waals surface area contributed by atoms with Gasteiger partial charge in [0.15, 0.2) is 5.75 Å². The minimum absolute atomic E-state index is 0.121. The first-order valence-corrected chi connectivity index (χ1v) is 10.5. The molecule has 3 aromatic rings. The summed E-state index contributed by atoms with van der Waals surface area (Å²) >= 11 is 6.59. The van der Waals surface area contributed by atoms with Crippen molar-refractivity contribution in [3.8, 4) is 11.6 Å². The Balaban J connectivity index is 1.42. The second-order valence-corrected chi connectivity index (χ2v) is 8.23. The zero-order valence-electron chi connectivity index (χ0n) is 16.0. The Morgan fingerprint density at radius 2 is 2.03 bits per heavy atom. The molecule has 1 atom stereocenters. The molecule has 0 amide bonds. The lowest BCUT2D eigenvalue weighted by molar-refractivity contribution is 0.00632.